The van der Waals surface area contributed by atoms with Gasteiger partial charge in [-0.2, -0.15) is 0 Å². The van der Waals surface area contributed by atoms with E-state index in [9.17, 15) is 4.79 Å². The third-order valence-corrected chi connectivity index (χ3v) is 4.13. The molecule has 2 aliphatic rings. The molecule has 0 aromatic heterocycles. The van der Waals surface area contributed by atoms with E-state index in [1.54, 1.807) is 0 Å². The maximum atomic E-state index is 12.1. The van der Waals surface area contributed by atoms with Crippen LogP contribution in [0.3, 0.4) is 0 Å². The molecule has 0 radical (unpaired) electrons. The van der Waals surface area contributed by atoms with Crippen LogP contribution >= 0.6 is 0 Å². The summed E-state index contributed by atoms with van der Waals surface area (Å²) in [6.45, 7) is 5.35. The maximum absolute atomic E-state index is 12.1. The van der Waals surface area contributed by atoms with Crippen molar-refractivity contribution in [3.8, 4) is 0 Å². The monoisotopic (exact) mass is 254 g/mol. The third-order valence-electron chi connectivity index (χ3n) is 4.13. The molecule has 104 valence electrons. The van der Waals surface area contributed by atoms with Gasteiger partial charge in [-0.25, -0.2) is 0 Å². The van der Waals surface area contributed by atoms with E-state index < -0.39 is 0 Å². The smallest absolute Gasteiger partial charge is 0.323 e. The SMILES string of the molecule is CCCN(C1CCNCC1)C(C(=O)OC)C1CC1. The van der Waals surface area contributed by atoms with Crippen molar-refractivity contribution >= 4 is 5.97 Å². The van der Waals surface area contributed by atoms with Crippen LogP contribution < -0.4 is 5.32 Å². The first-order valence-corrected chi connectivity index (χ1v) is 7.32. The molecule has 4 heteroatoms. The Bertz CT molecular complexity index is 273. The number of nitrogens with zero attached hydrogens (tertiary/aromatic N) is 1. The molecule has 2 fully saturated rings. The summed E-state index contributed by atoms with van der Waals surface area (Å²) in [5.41, 5.74) is 0. The fourth-order valence-corrected chi connectivity index (χ4v) is 3.08. The fourth-order valence-electron chi connectivity index (χ4n) is 3.08. The Morgan fingerprint density at radius 3 is 2.50 bits per heavy atom. The van der Waals surface area contributed by atoms with Crippen molar-refractivity contribution < 1.29 is 9.53 Å². The zero-order chi connectivity index (χ0) is 13.0. The van der Waals surface area contributed by atoms with E-state index in [-0.39, 0.29) is 12.0 Å². The molecule has 2 rings (SSSR count). The Morgan fingerprint density at radius 2 is 2.00 bits per heavy atom. The van der Waals surface area contributed by atoms with Gasteiger partial charge in [0.2, 0.25) is 0 Å². The van der Waals surface area contributed by atoms with Crippen molar-refractivity contribution in [1.29, 1.82) is 0 Å². The van der Waals surface area contributed by atoms with Crippen LogP contribution in [0.15, 0.2) is 0 Å². The van der Waals surface area contributed by atoms with Crippen molar-refractivity contribution in [2.24, 2.45) is 5.92 Å². The second-order valence-corrected chi connectivity index (χ2v) is 5.52. The van der Waals surface area contributed by atoms with Crippen LogP contribution in [0.2, 0.25) is 0 Å². The molecule has 1 saturated heterocycles. The van der Waals surface area contributed by atoms with E-state index in [4.69, 9.17) is 4.74 Å². The molecule has 0 aromatic carbocycles. The molecule has 0 aromatic rings. The quantitative estimate of drug-likeness (QED) is 0.728. The van der Waals surface area contributed by atoms with Crippen LogP contribution in [0, 0.1) is 5.92 Å². The second kappa shape index (κ2) is 6.53. The van der Waals surface area contributed by atoms with Gasteiger partial charge in [0.05, 0.1) is 7.11 Å². The number of rotatable bonds is 6. The lowest BCUT2D eigenvalue weighted by Gasteiger charge is -2.39. The van der Waals surface area contributed by atoms with Crippen molar-refractivity contribution in [1.82, 2.24) is 10.2 Å². The number of piperidine rings is 1. The maximum Gasteiger partial charge on any atom is 0.323 e. The summed E-state index contributed by atoms with van der Waals surface area (Å²) in [4.78, 5) is 14.5. The zero-order valence-corrected chi connectivity index (χ0v) is 11.7. The van der Waals surface area contributed by atoms with E-state index in [0.717, 1.165) is 38.9 Å². The van der Waals surface area contributed by atoms with E-state index in [0.29, 0.717) is 12.0 Å². The number of carbonyl (C=O) groups is 1. The number of ether oxygens (including phenoxy) is 1. The second-order valence-electron chi connectivity index (χ2n) is 5.52. The zero-order valence-electron chi connectivity index (χ0n) is 11.7. The molecule has 1 saturated carbocycles. The van der Waals surface area contributed by atoms with Crippen LogP contribution in [-0.2, 0) is 9.53 Å². The highest BCUT2D eigenvalue weighted by atomic mass is 16.5. The number of nitrogens with one attached hydrogen (secondary N) is 1. The summed E-state index contributed by atoms with van der Waals surface area (Å²) < 4.78 is 5.04. The summed E-state index contributed by atoms with van der Waals surface area (Å²) in [5, 5.41) is 3.40. The first-order valence-electron chi connectivity index (χ1n) is 7.32. The highest BCUT2D eigenvalue weighted by Crippen LogP contribution is 2.37. The molecule has 0 bridgehead atoms. The van der Waals surface area contributed by atoms with E-state index in [1.807, 2.05) is 0 Å². The molecule has 0 spiro atoms. The number of esters is 1. The van der Waals surface area contributed by atoms with Crippen LogP contribution in [0.1, 0.15) is 39.0 Å². The van der Waals surface area contributed by atoms with Gasteiger partial charge < -0.3 is 10.1 Å². The van der Waals surface area contributed by atoms with Gasteiger partial charge in [0.15, 0.2) is 0 Å². The van der Waals surface area contributed by atoms with Crippen LogP contribution in [-0.4, -0.2) is 49.7 Å². The summed E-state index contributed by atoms with van der Waals surface area (Å²) in [5.74, 6) is 0.517. The lowest BCUT2D eigenvalue weighted by molar-refractivity contribution is -0.149. The van der Waals surface area contributed by atoms with E-state index in [2.05, 4.69) is 17.1 Å². The van der Waals surface area contributed by atoms with Gasteiger partial charge in [-0.15, -0.1) is 0 Å². The summed E-state index contributed by atoms with van der Waals surface area (Å²) in [7, 11) is 1.52. The Hall–Kier alpha value is -0.610. The largest absolute Gasteiger partial charge is 0.468 e. The van der Waals surface area contributed by atoms with Gasteiger partial charge in [-0.1, -0.05) is 6.92 Å². The molecule has 1 N–H and O–H groups in total. The molecule has 1 atom stereocenters. The van der Waals surface area contributed by atoms with Crippen LogP contribution in [0.5, 0.6) is 0 Å². The number of carbonyl (C=O) groups excluding carboxylic acids is 1. The van der Waals surface area contributed by atoms with E-state index in [1.165, 1.54) is 20.0 Å². The molecule has 4 nitrogen and oxygen atoms in total. The first kappa shape index (κ1) is 13.8. The van der Waals surface area contributed by atoms with E-state index >= 15 is 0 Å². The Kier molecular flexibility index (Phi) is 5.01. The van der Waals surface area contributed by atoms with Gasteiger partial charge in [0.1, 0.15) is 6.04 Å². The van der Waals surface area contributed by atoms with Gasteiger partial charge >= 0.3 is 5.97 Å². The number of hydrogen-bond acceptors (Lipinski definition) is 4. The van der Waals surface area contributed by atoms with Crippen molar-refractivity contribution in [3.05, 3.63) is 0 Å². The Balaban J connectivity index is 2.06. The summed E-state index contributed by atoms with van der Waals surface area (Å²) in [6, 6.07) is 0.564. The Labute approximate surface area is 110 Å². The number of hydrogen-bond donors (Lipinski definition) is 1. The van der Waals surface area contributed by atoms with Crippen LogP contribution in [0.25, 0.3) is 0 Å². The van der Waals surface area contributed by atoms with Gasteiger partial charge in [-0.05, 0) is 57.7 Å². The lowest BCUT2D eigenvalue weighted by atomic mass is 10.00. The summed E-state index contributed by atoms with van der Waals surface area (Å²) >= 11 is 0. The minimum absolute atomic E-state index is 0.0121. The van der Waals surface area contributed by atoms with Crippen LogP contribution in [0.4, 0.5) is 0 Å². The fraction of sp³-hybridized carbons (Fsp3) is 0.929. The number of methoxy groups -OCH3 is 1. The third kappa shape index (κ3) is 3.23. The molecular weight excluding hydrogens is 228 g/mol. The molecular formula is C14H26N2O2. The van der Waals surface area contributed by atoms with Gasteiger partial charge in [-0.3, -0.25) is 9.69 Å². The molecule has 1 aliphatic carbocycles. The average molecular weight is 254 g/mol. The predicted molar refractivity (Wildman–Crippen MR) is 71.4 cm³/mol. The average Bonchev–Trinajstić information content (AvgIpc) is 3.23. The standard InChI is InChI=1S/C14H26N2O2/c1-3-10-16(12-6-8-15-9-7-12)13(11-4-5-11)14(17)18-2/h11-13,15H,3-10H2,1-2H3. The lowest BCUT2D eigenvalue weighted by Crippen LogP contribution is -2.52. The highest BCUT2D eigenvalue weighted by molar-refractivity contribution is 5.76. The van der Waals surface area contributed by atoms with Crippen molar-refractivity contribution in [2.45, 2.75) is 51.1 Å². The highest BCUT2D eigenvalue weighted by Gasteiger charge is 2.43. The minimum atomic E-state index is -0.0236. The molecule has 0 amide bonds. The minimum Gasteiger partial charge on any atom is -0.468 e. The van der Waals surface area contributed by atoms with Crippen molar-refractivity contribution in [3.63, 3.8) is 0 Å². The van der Waals surface area contributed by atoms with Gasteiger partial charge in [0, 0.05) is 6.04 Å². The molecule has 18 heavy (non-hydrogen) atoms. The normalized spacial score (nSPS) is 23.1. The molecule has 1 unspecified atom stereocenters. The molecule has 1 heterocycles. The topological polar surface area (TPSA) is 41.6 Å². The summed E-state index contributed by atoms with van der Waals surface area (Å²) in [6.07, 6.45) is 5.78. The first-order chi connectivity index (χ1) is 8.77. The van der Waals surface area contributed by atoms with Gasteiger partial charge in [0.25, 0.3) is 0 Å². The van der Waals surface area contributed by atoms with Crippen molar-refractivity contribution in [2.75, 3.05) is 26.7 Å². The Morgan fingerprint density at radius 1 is 1.33 bits per heavy atom. The molecule has 1 aliphatic heterocycles. The predicted octanol–water partition coefficient (Wildman–Crippen LogP) is 1.40.